The van der Waals surface area contributed by atoms with E-state index in [4.69, 9.17) is 0 Å². The van der Waals surface area contributed by atoms with Gasteiger partial charge in [0.1, 0.15) is 0 Å². The number of hydrogen-bond acceptors (Lipinski definition) is 1. The van der Waals surface area contributed by atoms with Gasteiger partial charge >= 0.3 is 0 Å². The Morgan fingerprint density at radius 1 is 0.976 bits per heavy atom. The fraction of sp³-hybridized carbons (Fsp3) is 0.487. The SMILES string of the molecule is C=C/C(=C\N(C)C(C)(C)F)C(=C)C.CCCC.Cc1ccc(C(=C2CC3(CCC3)C2)c2ccc(C(C)C)cc2)cc1. The first kappa shape index (κ1) is 34.3. The van der Waals surface area contributed by atoms with Crippen LogP contribution < -0.4 is 0 Å². The summed E-state index contributed by atoms with van der Waals surface area (Å²) in [6.45, 7) is 23.3. The first-order valence-electron chi connectivity index (χ1n) is 15.6. The van der Waals surface area contributed by atoms with Crippen LogP contribution >= 0.6 is 0 Å². The fourth-order valence-corrected chi connectivity index (χ4v) is 5.09. The third kappa shape index (κ3) is 9.87. The maximum Gasteiger partial charge on any atom is 0.176 e. The van der Waals surface area contributed by atoms with Crippen LogP contribution in [0.25, 0.3) is 5.57 Å². The molecule has 2 aliphatic carbocycles. The lowest BCUT2D eigenvalue weighted by Gasteiger charge is -2.52. The Morgan fingerprint density at radius 2 is 1.46 bits per heavy atom. The zero-order valence-corrected chi connectivity index (χ0v) is 27.5. The van der Waals surface area contributed by atoms with E-state index in [1.54, 1.807) is 24.9 Å². The van der Waals surface area contributed by atoms with Crippen molar-refractivity contribution < 1.29 is 4.39 Å². The summed E-state index contributed by atoms with van der Waals surface area (Å²) in [5.74, 6) is -0.763. The molecule has 0 heterocycles. The van der Waals surface area contributed by atoms with Gasteiger partial charge in [0.15, 0.2) is 5.79 Å². The Bertz CT molecular complexity index is 1170. The third-order valence-electron chi connectivity index (χ3n) is 8.53. The van der Waals surface area contributed by atoms with Crippen LogP contribution in [0.3, 0.4) is 0 Å². The zero-order valence-electron chi connectivity index (χ0n) is 27.5. The predicted molar refractivity (Wildman–Crippen MR) is 180 cm³/mol. The van der Waals surface area contributed by atoms with Crippen molar-refractivity contribution >= 4 is 5.57 Å². The van der Waals surface area contributed by atoms with Gasteiger partial charge in [-0.3, -0.25) is 0 Å². The predicted octanol–water partition coefficient (Wildman–Crippen LogP) is 12.0. The Balaban J connectivity index is 0.000000294. The molecule has 2 saturated carbocycles. The number of halogens is 1. The van der Waals surface area contributed by atoms with E-state index in [0.717, 1.165) is 11.1 Å². The smallest absolute Gasteiger partial charge is 0.176 e. The highest BCUT2D eigenvalue weighted by atomic mass is 19.1. The molecule has 4 rings (SSSR count). The van der Waals surface area contributed by atoms with Crippen molar-refractivity contribution in [1.82, 2.24) is 4.90 Å². The first-order valence-corrected chi connectivity index (χ1v) is 15.6. The molecule has 0 saturated heterocycles. The van der Waals surface area contributed by atoms with Crippen LogP contribution in [0.15, 0.2) is 90.7 Å². The summed E-state index contributed by atoms with van der Waals surface area (Å²) < 4.78 is 13.4. The van der Waals surface area contributed by atoms with Gasteiger partial charge in [-0.25, -0.2) is 4.39 Å². The number of unbranched alkanes of at least 4 members (excludes halogenated alkanes) is 1. The maximum absolute atomic E-state index is 13.4. The minimum Gasteiger partial charge on any atom is -0.349 e. The van der Waals surface area contributed by atoms with Crippen molar-refractivity contribution in [2.75, 3.05) is 7.05 Å². The van der Waals surface area contributed by atoms with Gasteiger partial charge in [0.05, 0.1) is 0 Å². The summed E-state index contributed by atoms with van der Waals surface area (Å²) in [6.07, 6.45) is 13.0. The van der Waals surface area contributed by atoms with Gasteiger partial charge in [-0.15, -0.1) is 0 Å². The molecule has 0 radical (unpaired) electrons. The molecule has 0 unspecified atom stereocenters. The average Bonchev–Trinajstić information content (AvgIpc) is 2.88. The summed E-state index contributed by atoms with van der Waals surface area (Å²) in [7, 11) is 1.69. The molecule has 2 fully saturated rings. The fourth-order valence-electron chi connectivity index (χ4n) is 5.09. The largest absolute Gasteiger partial charge is 0.349 e. The molecule has 2 aromatic rings. The average molecular weight is 558 g/mol. The van der Waals surface area contributed by atoms with E-state index in [0.29, 0.717) is 11.3 Å². The highest BCUT2D eigenvalue weighted by Crippen LogP contribution is 2.60. The van der Waals surface area contributed by atoms with E-state index in [1.807, 2.05) is 6.92 Å². The minimum atomic E-state index is -1.36. The van der Waals surface area contributed by atoms with Gasteiger partial charge in [-0.1, -0.05) is 126 Å². The monoisotopic (exact) mass is 557 g/mol. The van der Waals surface area contributed by atoms with Crippen molar-refractivity contribution in [3.8, 4) is 0 Å². The Hall–Kier alpha value is -2.87. The van der Waals surface area contributed by atoms with Gasteiger partial charge in [-0.05, 0) is 98.1 Å². The van der Waals surface area contributed by atoms with Crippen LogP contribution in [-0.2, 0) is 0 Å². The molecule has 2 aliphatic rings. The van der Waals surface area contributed by atoms with Crippen LogP contribution in [0.1, 0.15) is 122 Å². The number of aryl methyl sites for hydroxylation is 1. The van der Waals surface area contributed by atoms with Gasteiger partial charge in [-0.2, -0.15) is 0 Å². The van der Waals surface area contributed by atoms with Crippen LogP contribution in [-0.4, -0.2) is 17.7 Å². The molecule has 0 amide bonds. The van der Waals surface area contributed by atoms with Crippen molar-refractivity contribution in [3.05, 3.63) is 113 Å². The van der Waals surface area contributed by atoms with Crippen LogP contribution in [0.2, 0.25) is 0 Å². The minimum absolute atomic E-state index is 0.594. The number of benzene rings is 2. The Labute approximate surface area is 252 Å². The molecule has 41 heavy (non-hydrogen) atoms. The van der Waals surface area contributed by atoms with Gasteiger partial charge in [0.25, 0.3) is 0 Å². The number of allylic oxidation sites excluding steroid dienone is 4. The lowest BCUT2D eigenvalue weighted by atomic mass is 9.53. The molecule has 0 N–H and O–H groups in total. The van der Waals surface area contributed by atoms with E-state index in [9.17, 15) is 4.39 Å². The first-order chi connectivity index (χ1) is 19.3. The van der Waals surface area contributed by atoms with E-state index in [1.165, 1.54) is 91.5 Å². The zero-order chi connectivity index (χ0) is 30.8. The summed E-state index contributed by atoms with van der Waals surface area (Å²) in [5.41, 5.74) is 11.1. The molecule has 0 bridgehead atoms. The highest BCUT2D eigenvalue weighted by molar-refractivity contribution is 5.83. The van der Waals surface area contributed by atoms with E-state index < -0.39 is 5.79 Å². The third-order valence-corrected chi connectivity index (χ3v) is 8.53. The normalized spacial score (nSPS) is 15.5. The summed E-state index contributed by atoms with van der Waals surface area (Å²) >= 11 is 0. The molecular weight excluding hydrogens is 501 g/mol. The summed E-state index contributed by atoms with van der Waals surface area (Å²) in [4.78, 5) is 1.50. The van der Waals surface area contributed by atoms with E-state index in [2.05, 4.69) is 96.3 Å². The Kier molecular flexibility index (Phi) is 12.9. The molecular formula is C39H56FN. The summed E-state index contributed by atoms with van der Waals surface area (Å²) in [6, 6.07) is 18.4. The Morgan fingerprint density at radius 3 is 1.80 bits per heavy atom. The number of rotatable bonds is 8. The number of nitrogens with zero attached hydrogens (tertiary/aromatic N) is 1. The van der Waals surface area contributed by atoms with Crippen LogP contribution in [0.4, 0.5) is 4.39 Å². The molecule has 2 heteroatoms. The van der Waals surface area contributed by atoms with Crippen molar-refractivity contribution in [3.63, 3.8) is 0 Å². The number of hydrogen-bond donors (Lipinski definition) is 0. The van der Waals surface area contributed by atoms with E-state index >= 15 is 0 Å². The molecule has 224 valence electrons. The molecule has 0 aromatic heterocycles. The topological polar surface area (TPSA) is 3.24 Å². The van der Waals surface area contributed by atoms with Crippen molar-refractivity contribution in [1.29, 1.82) is 0 Å². The summed E-state index contributed by atoms with van der Waals surface area (Å²) in [5, 5.41) is 0. The second kappa shape index (κ2) is 15.4. The van der Waals surface area contributed by atoms with Crippen molar-refractivity contribution in [2.24, 2.45) is 5.41 Å². The second-order valence-electron chi connectivity index (χ2n) is 12.9. The van der Waals surface area contributed by atoms with Gasteiger partial charge in [0, 0.05) is 13.2 Å². The van der Waals surface area contributed by atoms with Gasteiger partial charge < -0.3 is 4.90 Å². The van der Waals surface area contributed by atoms with E-state index in [-0.39, 0.29) is 0 Å². The quantitative estimate of drug-likeness (QED) is 0.230. The maximum atomic E-state index is 13.4. The van der Waals surface area contributed by atoms with Crippen LogP contribution in [0, 0.1) is 12.3 Å². The second-order valence-corrected chi connectivity index (χ2v) is 12.9. The van der Waals surface area contributed by atoms with Crippen LogP contribution in [0.5, 0.6) is 0 Å². The van der Waals surface area contributed by atoms with Crippen molar-refractivity contribution in [2.45, 2.75) is 112 Å². The molecule has 1 spiro atoms. The molecule has 0 aliphatic heterocycles. The lowest BCUT2D eigenvalue weighted by molar-refractivity contribution is 0.0586. The molecule has 0 atom stereocenters. The highest BCUT2D eigenvalue weighted by Gasteiger charge is 2.46. The van der Waals surface area contributed by atoms with Gasteiger partial charge in [0.2, 0.25) is 0 Å². The molecule has 2 aromatic carbocycles. The standard InChI is InChI=1S/C24H28.C11H18FN.C4H10/c1-17(2)19-9-11-21(12-10-19)23(20-7-5-18(3)6-8-20)22-15-24(16-22)13-4-14-24;1-7-10(9(2)3)8-13(6)11(4,5)12;1-3-4-2/h5-12,17H,4,13-16H2,1-3H3;7-8H,1-2H2,3-6H3;3-4H2,1-2H3/b;10-8+;. The number of alkyl halides is 1. The molecule has 1 nitrogen and oxygen atoms in total. The lowest BCUT2D eigenvalue weighted by Crippen LogP contribution is -2.38.